The number of sulfonamides is 1. The molecule has 7 nitrogen and oxygen atoms in total. The molecule has 2 rings (SSSR count). The van der Waals surface area contributed by atoms with E-state index in [1.54, 1.807) is 0 Å². The highest BCUT2D eigenvalue weighted by molar-refractivity contribution is 7.92. The quantitative estimate of drug-likeness (QED) is 0.651. The Kier molecular flexibility index (Phi) is 4.64. The molecule has 0 radical (unpaired) electrons. The summed E-state index contributed by atoms with van der Waals surface area (Å²) in [5.74, 6) is -4.49. The van der Waals surface area contributed by atoms with Crippen LogP contribution < -0.4 is 9.46 Å². The topological polar surface area (TPSA) is 98.5 Å². The van der Waals surface area contributed by atoms with Crippen LogP contribution in [0, 0.1) is 27.6 Å². The van der Waals surface area contributed by atoms with Gasteiger partial charge in [-0.2, -0.15) is 4.39 Å². The fourth-order valence-corrected chi connectivity index (χ4v) is 2.86. The number of halogens is 3. The standard InChI is InChI=1S/C13H9F3N2O5S/c1-23-12-3-2-7(4-9(12)14)17-24(21,22)8-5-10(15)13(16)11(6-8)18(19)20/h2-6,17H,1H3. The maximum atomic E-state index is 13.6. The molecular weight excluding hydrogens is 353 g/mol. The van der Waals surface area contributed by atoms with Gasteiger partial charge in [-0.05, 0) is 18.2 Å². The van der Waals surface area contributed by atoms with E-state index in [0.717, 1.165) is 18.2 Å². The molecule has 128 valence electrons. The summed E-state index contributed by atoms with van der Waals surface area (Å²) in [4.78, 5) is 8.50. The van der Waals surface area contributed by atoms with Gasteiger partial charge in [-0.15, -0.1) is 0 Å². The Hall–Kier alpha value is -2.82. The normalized spacial score (nSPS) is 11.2. The third kappa shape index (κ3) is 3.40. The zero-order valence-corrected chi connectivity index (χ0v) is 12.7. The van der Waals surface area contributed by atoms with Gasteiger partial charge in [0.1, 0.15) is 0 Å². The van der Waals surface area contributed by atoms with Crippen LogP contribution in [0.15, 0.2) is 35.2 Å². The number of nitro groups is 1. The highest BCUT2D eigenvalue weighted by Crippen LogP contribution is 2.27. The summed E-state index contributed by atoms with van der Waals surface area (Å²) in [6, 6.07) is 3.74. The van der Waals surface area contributed by atoms with Crippen LogP contribution in [-0.4, -0.2) is 20.5 Å². The molecule has 0 amide bonds. The van der Waals surface area contributed by atoms with Gasteiger partial charge in [-0.25, -0.2) is 17.2 Å². The summed E-state index contributed by atoms with van der Waals surface area (Å²) in [6.07, 6.45) is 0. The molecule has 2 aromatic carbocycles. The molecule has 0 aliphatic rings. The molecule has 2 aromatic rings. The van der Waals surface area contributed by atoms with Gasteiger partial charge in [0, 0.05) is 12.1 Å². The number of hydrogen-bond donors (Lipinski definition) is 1. The molecule has 11 heteroatoms. The number of rotatable bonds is 5. The van der Waals surface area contributed by atoms with Crippen LogP contribution in [0.3, 0.4) is 0 Å². The predicted octanol–water partition coefficient (Wildman–Crippen LogP) is 2.82. The molecule has 0 aromatic heterocycles. The fourth-order valence-electron chi connectivity index (χ4n) is 1.78. The molecule has 0 aliphatic heterocycles. The van der Waals surface area contributed by atoms with Crippen molar-refractivity contribution in [1.82, 2.24) is 0 Å². The number of nitrogens with one attached hydrogen (secondary N) is 1. The number of methoxy groups -OCH3 is 1. The van der Waals surface area contributed by atoms with Gasteiger partial charge in [0.05, 0.1) is 22.6 Å². The van der Waals surface area contributed by atoms with E-state index < -0.39 is 43.0 Å². The van der Waals surface area contributed by atoms with Gasteiger partial charge in [0.2, 0.25) is 5.82 Å². The number of hydrogen-bond acceptors (Lipinski definition) is 5. The third-order valence-corrected chi connectivity index (χ3v) is 4.25. The summed E-state index contributed by atoms with van der Waals surface area (Å²) in [7, 11) is -3.30. The molecule has 1 N–H and O–H groups in total. The average Bonchev–Trinajstić information content (AvgIpc) is 2.49. The number of ether oxygens (including phenoxy) is 1. The van der Waals surface area contributed by atoms with Crippen LogP contribution in [0.4, 0.5) is 24.5 Å². The van der Waals surface area contributed by atoms with Crippen LogP contribution in [0.2, 0.25) is 0 Å². The van der Waals surface area contributed by atoms with E-state index in [1.165, 1.54) is 7.11 Å². The largest absolute Gasteiger partial charge is 0.494 e. The van der Waals surface area contributed by atoms with Crippen molar-refractivity contribution in [3.63, 3.8) is 0 Å². The summed E-state index contributed by atoms with van der Waals surface area (Å²) in [6.45, 7) is 0. The molecular formula is C13H9F3N2O5S. The molecule has 0 bridgehead atoms. The Morgan fingerprint density at radius 2 is 1.79 bits per heavy atom. The lowest BCUT2D eigenvalue weighted by Gasteiger charge is -2.10. The Bertz CT molecular complexity index is 918. The minimum Gasteiger partial charge on any atom is -0.494 e. The first-order valence-electron chi connectivity index (χ1n) is 6.15. The molecule has 0 spiro atoms. The van der Waals surface area contributed by atoms with Gasteiger partial charge in [-0.3, -0.25) is 14.8 Å². The van der Waals surface area contributed by atoms with Crippen molar-refractivity contribution in [2.75, 3.05) is 11.8 Å². The first-order valence-corrected chi connectivity index (χ1v) is 7.64. The van der Waals surface area contributed by atoms with Crippen molar-refractivity contribution in [3.05, 3.63) is 57.9 Å². The van der Waals surface area contributed by atoms with Crippen molar-refractivity contribution >= 4 is 21.4 Å². The monoisotopic (exact) mass is 362 g/mol. The van der Waals surface area contributed by atoms with Crippen molar-refractivity contribution < 1.29 is 31.2 Å². The fraction of sp³-hybridized carbons (Fsp3) is 0.0769. The van der Waals surface area contributed by atoms with Crippen molar-refractivity contribution in [1.29, 1.82) is 0 Å². The molecule has 0 saturated heterocycles. The molecule has 0 aliphatic carbocycles. The first kappa shape index (κ1) is 17.5. The highest BCUT2D eigenvalue weighted by atomic mass is 32.2. The van der Waals surface area contributed by atoms with E-state index in [1.807, 2.05) is 4.72 Å². The smallest absolute Gasteiger partial charge is 0.309 e. The van der Waals surface area contributed by atoms with Gasteiger partial charge < -0.3 is 4.74 Å². The molecule has 0 fully saturated rings. The maximum Gasteiger partial charge on any atom is 0.309 e. The molecule has 0 heterocycles. The van der Waals surface area contributed by atoms with Crippen LogP contribution in [0.1, 0.15) is 0 Å². The van der Waals surface area contributed by atoms with Crippen LogP contribution in [0.5, 0.6) is 5.75 Å². The second-order valence-electron chi connectivity index (χ2n) is 4.45. The number of nitro benzene ring substituents is 1. The summed E-state index contributed by atoms with van der Waals surface area (Å²) in [5, 5.41) is 10.6. The highest BCUT2D eigenvalue weighted by Gasteiger charge is 2.26. The van der Waals surface area contributed by atoms with Crippen LogP contribution in [0.25, 0.3) is 0 Å². The van der Waals surface area contributed by atoms with Crippen LogP contribution >= 0.6 is 0 Å². The maximum absolute atomic E-state index is 13.6. The predicted molar refractivity (Wildman–Crippen MR) is 76.8 cm³/mol. The Labute approximate surface area is 133 Å². The number of nitrogens with zero attached hydrogens (tertiary/aromatic N) is 1. The lowest BCUT2D eigenvalue weighted by molar-refractivity contribution is -0.388. The van der Waals surface area contributed by atoms with Crippen molar-refractivity contribution in [2.45, 2.75) is 4.90 Å². The SMILES string of the molecule is COc1ccc(NS(=O)(=O)c2cc(F)c(F)c([N+](=O)[O-])c2)cc1F. The van der Waals surface area contributed by atoms with Gasteiger partial charge in [0.15, 0.2) is 17.4 Å². The van der Waals surface area contributed by atoms with E-state index in [4.69, 9.17) is 0 Å². The second-order valence-corrected chi connectivity index (χ2v) is 6.13. The summed E-state index contributed by atoms with van der Waals surface area (Å²) >= 11 is 0. The van der Waals surface area contributed by atoms with Crippen LogP contribution in [-0.2, 0) is 10.0 Å². The van der Waals surface area contributed by atoms with Crippen molar-refractivity contribution in [3.8, 4) is 5.75 Å². The summed E-state index contributed by atoms with van der Waals surface area (Å²) < 4.78 is 71.1. The van der Waals surface area contributed by atoms with E-state index >= 15 is 0 Å². The van der Waals surface area contributed by atoms with Gasteiger partial charge >= 0.3 is 5.69 Å². The Morgan fingerprint density at radius 1 is 1.12 bits per heavy atom. The lowest BCUT2D eigenvalue weighted by atomic mass is 10.3. The molecule has 0 atom stereocenters. The Balaban J connectivity index is 2.44. The van der Waals surface area contributed by atoms with Gasteiger partial charge in [0.25, 0.3) is 10.0 Å². The zero-order chi connectivity index (χ0) is 18.1. The molecule has 24 heavy (non-hydrogen) atoms. The first-order chi connectivity index (χ1) is 11.2. The molecule has 0 unspecified atom stereocenters. The summed E-state index contributed by atoms with van der Waals surface area (Å²) in [5.41, 5.74) is -1.57. The minimum absolute atomic E-state index is 0.138. The van der Waals surface area contributed by atoms with E-state index in [2.05, 4.69) is 4.74 Å². The van der Waals surface area contributed by atoms with E-state index in [-0.39, 0.29) is 17.5 Å². The Morgan fingerprint density at radius 3 is 2.33 bits per heavy atom. The second kappa shape index (κ2) is 6.35. The number of benzene rings is 2. The minimum atomic E-state index is -4.51. The third-order valence-electron chi connectivity index (χ3n) is 2.89. The van der Waals surface area contributed by atoms with E-state index in [0.29, 0.717) is 6.07 Å². The van der Waals surface area contributed by atoms with Gasteiger partial charge in [-0.1, -0.05) is 0 Å². The molecule has 0 saturated carbocycles. The zero-order valence-electron chi connectivity index (χ0n) is 11.9. The lowest BCUT2D eigenvalue weighted by Crippen LogP contribution is -2.14. The van der Waals surface area contributed by atoms with E-state index in [9.17, 15) is 31.7 Å². The average molecular weight is 362 g/mol. The number of anilines is 1. The van der Waals surface area contributed by atoms with Crippen molar-refractivity contribution in [2.24, 2.45) is 0 Å².